The van der Waals surface area contributed by atoms with Gasteiger partial charge in [0.1, 0.15) is 16.3 Å². The predicted octanol–water partition coefficient (Wildman–Crippen LogP) is 3.17. The molecule has 2 aromatic rings. The number of carbonyl (C=O) groups excluding carboxylic acids is 1. The van der Waals surface area contributed by atoms with Gasteiger partial charge in [0.25, 0.3) is 5.91 Å². The highest BCUT2D eigenvalue weighted by molar-refractivity contribution is 7.90. The first-order valence-corrected chi connectivity index (χ1v) is 16.3. The van der Waals surface area contributed by atoms with E-state index in [1.165, 1.54) is 16.7 Å². The van der Waals surface area contributed by atoms with Crippen LogP contribution >= 0.6 is 0 Å². The van der Waals surface area contributed by atoms with Gasteiger partial charge in [-0.3, -0.25) is 9.78 Å². The molecular formula is C27H36F3N5O4S2. The van der Waals surface area contributed by atoms with Crippen molar-refractivity contribution in [2.45, 2.75) is 82.7 Å². The van der Waals surface area contributed by atoms with E-state index in [1.54, 1.807) is 27.7 Å². The smallest absolute Gasteiger partial charge is 0.271 e. The van der Waals surface area contributed by atoms with Crippen LogP contribution in [0.25, 0.3) is 0 Å². The first-order chi connectivity index (χ1) is 19.2. The van der Waals surface area contributed by atoms with E-state index in [-0.39, 0.29) is 48.0 Å². The van der Waals surface area contributed by atoms with Crippen molar-refractivity contribution >= 4 is 27.3 Å². The number of amides is 1. The number of benzene rings is 1. The highest BCUT2D eigenvalue weighted by Crippen LogP contribution is 2.42. The summed E-state index contributed by atoms with van der Waals surface area (Å²) in [5.41, 5.74) is 0.710. The minimum Gasteiger partial charge on any atom is -0.598 e. The topological polar surface area (TPSA) is 127 Å². The van der Waals surface area contributed by atoms with Gasteiger partial charge in [-0.25, -0.2) is 26.6 Å². The van der Waals surface area contributed by atoms with Gasteiger partial charge in [-0.15, -0.1) is 4.72 Å². The average Bonchev–Trinajstić information content (AvgIpc) is 3.17. The van der Waals surface area contributed by atoms with Crippen molar-refractivity contribution in [1.82, 2.24) is 24.3 Å². The van der Waals surface area contributed by atoms with Crippen LogP contribution in [0.1, 0.15) is 68.2 Å². The summed E-state index contributed by atoms with van der Waals surface area (Å²) >= 11 is -1.54. The molecule has 1 aromatic heterocycles. The Morgan fingerprint density at radius 2 is 1.73 bits per heavy atom. The molecule has 4 rings (SSSR count). The second-order valence-corrected chi connectivity index (χ2v) is 15.7. The summed E-state index contributed by atoms with van der Waals surface area (Å²) in [5, 5.41) is 2.58. The maximum Gasteiger partial charge on any atom is 0.271 e. The zero-order valence-corrected chi connectivity index (χ0v) is 25.1. The molecule has 14 heteroatoms. The number of piperidine rings is 1. The fourth-order valence-corrected chi connectivity index (χ4v) is 8.30. The number of aromatic nitrogens is 2. The van der Waals surface area contributed by atoms with Crippen LogP contribution in [0.3, 0.4) is 0 Å². The van der Waals surface area contributed by atoms with E-state index in [1.807, 2.05) is 0 Å². The maximum atomic E-state index is 14.6. The Morgan fingerprint density at radius 3 is 2.32 bits per heavy atom. The van der Waals surface area contributed by atoms with Gasteiger partial charge in [-0.05, 0) is 77.3 Å². The zero-order valence-electron chi connectivity index (χ0n) is 23.5. The molecule has 0 spiro atoms. The van der Waals surface area contributed by atoms with Gasteiger partial charge < -0.3 is 9.87 Å². The van der Waals surface area contributed by atoms with Crippen molar-refractivity contribution in [1.29, 1.82) is 0 Å². The number of aryl methyl sites for hydroxylation is 1. The minimum absolute atomic E-state index is 0.0321. The van der Waals surface area contributed by atoms with E-state index in [2.05, 4.69) is 20.0 Å². The molecule has 0 radical (unpaired) electrons. The summed E-state index contributed by atoms with van der Waals surface area (Å²) in [7, 11) is -3.72. The lowest BCUT2D eigenvalue weighted by Crippen LogP contribution is -2.54. The molecule has 2 bridgehead atoms. The van der Waals surface area contributed by atoms with Crippen molar-refractivity contribution in [3.05, 3.63) is 58.9 Å². The van der Waals surface area contributed by atoms with E-state index in [9.17, 15) is 30.9 Å². The van der Waals surface area contributed by atoms with Crippen LogP contribution in [-0.2, 0) is 27.8 Å². The second-order valence-electron chi connectivity index (χ2n) is 11.7. The number of sulfonamides is 1. The maximum absolute atomic E-state index is 14.6. The van der Waals surface area contributed by atoms with Crippen molar-refractivity contribution in [3.8, 4) is 0 Å². The number of hydrogen-bond acceptors (Lipinski definition) is 7. The first kappa shape index (κ1) is 31.7. The first-order valence-electron chi connectivity index (χ1n) is 13.5. The van der Waals surface area contributed by atoms with Gasteiger partial charge in [0.2, 0.25) is 10.0 Å². The Hall–Kier alpha value is -2.26. The number of nitrogens with zero attached hydrogens (tertiary/aromatic N) is 3. The predicted molar refractivity (Wildman–Crippen MR) is 149 cm³/mol. The van der Waals surface area contributed by atoms with Crippen molar-refractivity contribution in [2.24, 2.45) is 5.92 Å². The van der Waals surface area contributed by atoms with Crippen molar-refractivity contribution < 1.29 is 30.9 Å². The van der Waals surface area contributed by atoms with Crippen LogP contribution in [0.2, 0.25) is 0 Å². The third kappa shape index (κ3) is 7.58. The molecule has 0 saturated carbocycles. The lowest BCUT2D eigenvalue weighted by Gasteiger charge is -2.41. The Bertz CT molecular complexity index is 1340. The summed E-state index contributed by atoms with van der Waals surface area (Å²) in [6.45, 7) is 7.00. The van der Waals surface area contributed by atoms with Crippen LogP contribution < -0.4 is 10.0 Å². The van der Waals surface area contributed by atoms with Gasteiger partial charge in [0.15, 0.2) is 11.6 Å². The molecule has 5 atom stereocenters. The normalized spacial score (nSPS) is 22.9. The van der Waals surface area contributed by atoms with E-state index in [4.69, 9.17) is 0 Å². The fraction of sp³-hybridized carbons (Fsp3) is 0.593. The van der Waals surface area contributed by atoms with Gasteiger partial charge in [-0.1, -0.05) is 0 Å². The zero-order chi connectivity index (χ0) is 30.1. The van der Waals surface area contributed by atoms with Crippen LogP contribution in [0.5, 0.6) is 0 Å². The van der Waals surface area contributed by atoms with Crippen LogP contribution in [0.15, 0.2) is 24.5 Å². The minimum atomic E-state index is -3.72. The molecule has 1 amide bonds. The largest absolute Gasteiger partial charge is 0.598 e. The standard InChI is InChI=1S/C27H36F3N5O4S2/c1-16-14-33-25(15-32-16)26(36)31-7-8-41(38,39)35-19-5-6-20(35)10-18(9-19)24(34-40(37)27(2,3)4)12-17-11-22(29)23(30)13-21(17)28/h11,13-15,18-20,24,34H,5-10,12H2,1-4H3,(H,31,36)/t18-,19-,20+,24-,40+/m1/s1. The second kappa shape index (κ2) is 12.5. The van der Waals surface area contributed by atoms with E-state index >= 15 is 0 Å². The quantitative estimate of drug-likeness (QED) is 0.311. The molecule has 41 heavy (non-hydrogen) atoms. The van der Waals surface area contributed by atoms with Crippen LogP contribution in [0.4, 0.5) is 13.2 Å². The van der Waals surface area contributed by atoms with E-state index < -0.39 is 55.5 Å². The molecule has 2 N–H and O–H groups in total. The summed E-state index contributed by atoms with van der Waals surface area (Å²) < 4.78 is 85.8. The van der Waals surface area contributed by atoms with Crippen molar-refractivity contribution in [2.75, 3.05) is 12.3 Å². The Balaban J connectivity index is 1.45. The van der Waals surface area contributed by atoms with E-state index in [0.29, 0.717) is 37.4 Å². The molecule has 2 saturated heterocycles. The molecule has 9 nitrogen and oxygen atoms in total. The van der Waals surface area contributed by atoms with Crippen LogP contribution in [-0.4, -0.2) is 68.3 Å². The molecular weight excluding hydrogens is 579 g/mol. The lowest BCUT2D eigenvalue weighted by atomic mass is 9.83. The SMILES string of the molecule is Cc1cnc(C(=O)NCCS(=O)(=O)N2[C@@H]3CC[C@H]2C[C@H]([C@@H](Cc2cc(F)c(F)cc2F)N[S@@+]([O-])C(C)(C)C)C3)cn1. The fourth-order valence-electron chi connectivity index (χ4n) is 5.53. The number of halogens is 3. The molecule has 2 fully saturated rings. The Morgan fingerprint density at radius 1 is 1.10 bits per heavy atom. The van der Waals surface area contributed by atoms with Gasteiger partial charge in [0, 0.05) is 42.3 Å². The third-order valence-electron chi connectivity index (χ3n) is 7.60. The number of hydrogen-bond donors (Lipinski definition) is 2. The molecule has 2 aliphatic rings. The number of fused-ring (bicyclic) bond motifs is 2. The summed E-state index contributed by atoms with van der Waals surface area (Å²) in [6.07, 6.45) is 4.90. The molecule has 0 aliphatic carbocycles. The number of carbonyl (C=O) groups is 1. The van der Waals surface area contributed by atoms with Gasteiger partial charge >= 0.3 is 0 Å². The van der Waals surface area contributed by atoms with Gasteiger partial charge in [0.05, 0.1) is 23.7 Å². The van der Waals surface area contributed by atoms with Gasteiger partial charge in [-0.2, -0.15) is 4.31 Å². The third-order valence-corrected chi connectivity index (χ3v) is 11.2. The summed E-state index contributed by atoms with van der Waals surface area (Å²) in [5.74, 6) is -4.32. The number of rotatable bonds is 10. The van der Waals surface area contributed by atoms with E-state index in [0.717, 1.165) is 6.07 Å². The summed E-state index contributed by atoms with van der Waals surface area (Å²) in [6, 6.07) is 0.140. The lowest BCUT2D eigenvalue weighted by molar-refractivity contribution is 0.0950. The number of nitrogens with one attached hydrogen (secondary N) is 2. The molecule has 3 heterocycles. The van der Waals surface area contributed by atoms with Crippen molar-refractivity contribution in [3.63, 3.8) is 0 Å². The summed E-state index contributed by atoms with van der Waals surface area (Å²) in [4.78, 5) is 20.3. The molecule has 0 unspecified atom stereocenters. The molecule has 2 aliphatic heterocycles. The highest BCUT2D eigenvalue weighted by Gasteiger charge is 2.49. The molecule has 1 aromatic carbocycles. The van der Waals surface area contributed by atoms with Crippen LogP contribution in [0, 0.1) is 30.3 Å². The Kier molecular flexibility index (Phi) is 9.69. The Labute approximate surface area is 242 Å². The molecule has 226 valence electrons. The average molecular weight is 616 g/mol. The monoisotopic (exact) mass is 615 g/mol. The highest BCUT2D eigenvalue weighted by atomic mass is 32.2.